The minimum Gasteiger partial charge on any atom is -0.314 e. The summed E-state index contributed by atoms with van der Waals surface area (Å²) in [4.78, 5) is 2.71. The van der Waals surface area contributed by atoms with Crippen LogP contribution in [0.1, 0.15) is 72.1 Å². The van der Waals surface area contributed by atoms with Gasteiger partial charge < -0.3 is 10.2 Å². The molecule has 0 spiro atoms. The van der Waals surface area contributed by atoms with Crippen molar-refractivity contribution in [2.24, 2.45) is 5.92 Å². The zero-order valence-electron chi connectivity index (χ0n) is 13.6. The molecule has 0 aliphatic carbocycles. The molecular formula is C17H36N2. The number of piperidine rings is 1. The summed E-state index contributed by atoms with van der Waals surface area (Å²) in [6.45, 7) is 12.0. The third kappa shape index (κ3) is 6.76. The van der Waals surface area contributed by atoms with Gasteiger partial charge in [-0.15, -0.1) is 0 Å². The van der Waals surface area contributed by atoms with Gasteiger partial charge >= 0.3 is 0 Å². The van der Waals surface area contributed by atoms with Crippen LogP contribution in [0.2, 0.25) is 0 Å². The quantitative estimate of drug-likeness (QED) is 0.601. The van der Waals surface area contributed by atoms with Crippen LogP contribution in [0.4, 0.5) is 0 Å². The van der Waals surface area contributed by atoms with E-state index in [0.717, 1.165) is 18.5 Å². The van der Waals surface area contributed by atoms with Crippen molar-refractivity contribution >= 4 is 0 Å². The van der Waals surface area contributed by atoms with Crippen molar-refractivity contribution in [1.29, 1.82) is 0 Å². The summed E-state index contributed by atoms with van der Waals surface area (Å²) >= 11 is 0. The highest BCUT2D eigenvalue weighted by atomic mass is 15.1. The van der Waals surface area contributed by atoms with Crippen LogP contribution in [0.25, 0.3) is 0 Å². The van der Waals surface area contributed by atoms with Crippen LogP contribution in [0, 0.1) is 5.92 Å². The summed E-state index contributed by atoms with van der Waals surface area (Å²) in [7, 11) is 0. The summed E-state index contributed by atoms with van der Waals surface area (Å²) in [5.74, 6) is 0.869. The van der Waals surface area contributed by atoms with E-state index >= 15 is 0 Å². The molecule has 1 rings (SSSR count). The fourth-order valence-electron chi connectivity index (χ4n) is 3.37. The third-order valence-electron chi connectivity index (χ3n) is 4.64. The van der Waals surface area contributed by atoms with Crippen LogP contribution in [0.3, 0.4) is 0 Å². The van der Waals surface area contributed by atoms with Crippen molar-refractivity contribution in [3.8, 4) is 0 Å². The monoisotopic (exact) mass is 268 g/mol. The van der Waals surface area contributed by atoms with Gasteiger partial charge in [0.2, 0.25) is 0 Å². The van der Waals surface area contributed by atoms with Gasteiger partial charge in [-0.2, -0.15) is 0 Å². The summed E-state index contributed by atoms with van der Waals surface area (Å²) < 4.78 is 0. The van der Waals surface area contributed by atoms with Crippen LogP contribution in [-0.2, 0) is 0 Å². The number of nitrogens with zero attached hydrogens (tertiary/aromatic N) is 1. The summed E-state index contributed by atoms with van der Waals surface area (Å²) in [5, 5.41) is 3.67. The number of hydrogen-bond acceptors (Lipinski definition) is 2. The predicted octanol–water partition coefficient (Wildman–Crippen LogP) is 4.06. The predicted molar refractivity (Wildman–Crippen MR) is 85.7 cm³/mol. The maximum absolute atomic E-state index is 3.67. The Kier molecular flexibility index (Phi) is 9.54. The van der Waals surface area contributed by atoms with Gasteiger partial charge in [-0.1, -0.05) is 59.3 Å². The van der Waals surface area contributed by atoms with Crippen LogP contribution in [0.15, 0.2) is 0 Å². The van der Waals surface area contributed by atoms with E-state index in [-0.39, 0.29) is 0 Å². The molecule has 1 fully saturated rings. The molecule has 1 heterocycles. The number of hydrogen-bond donors (Lipinski definition) is 1. The first kappa shape index (κ1) is 17.0. The van der Waals surface area contributed by atoms with Crippen LogP contribution >= 0.6 is 0 Å². The molecule has 0 radical (unpaired) electrons. The van der Waals surface area contributed by atoms with E-state index in [4.69, 9.17) is 0 Å². The highest BCUT2D eigenvalue weighted by Crippen LogP contribution is 2.20. The molecule has 0 bridgehead atoms. The Morgan fingerprint density at radius 2 is 1.74 bits per heavy atom. The van der Waals surface area contributed by atoms with Crippen molar-refractivity contribution in [2.45, 2.75) is 78.2 Å². The summed E-state index contributed by atoms with van der Waals surface area (Å²) in [5.41, 5.74) is 0. The highest BCUT2D eigenvalue weighted by molar-refractivity contribution is 4.84. The molecule has 0 aromatic rings. The highest BCUT2D eigenvalue weighted by Gasteiger charge is 2.26. The Hall–Kier alpha value is -0.0800. The van der Waals surface area contributed by atoms with Crippen molar-refractivity contribution in [3.63, 3.8) is 0 Å². The average molecular weight is 268 g/mol. The van der Waals surface area contributed by atoms with E-state index in [1.54, 1.807) is 0 Å². The molecule has 1 N–H and O–H groups in total. The van der Waals surface area contributed by atoms with Gasteiger partial charge in [0, 0.05) is 12.6 Å². The second-order valence-electron chi connectivity index (χ2n) is 6.19. The zero-order chi connectivity index (χ0) is 13.9. The second-order valence-corrected chi connectivity index (χ2v) is 6.19. The lowest BCUT2D eigenvalue weighted by atomic mass is 9.89. The fraction of sp³-hybridized carbons (Fsp3) is 1.00. The molecule has 0 amide bonds. The van der Waals surface area contributed by atoms with Crippen molar-refractivity contribution in [1.82, 2.24) is 10.2 Å². The van der Waals surface area contributed by atoms with Crippen LogP contribution in [-0.4, -0.2) is 37.1 Å². The van der Waals surface area contributed by atoms with E-state index in [1.807, 2.05) is 0 Å². The van der Waals surface area contributed by atoms with Gasteiger partial charge in [0.15, 0.2) is 0 Å². The smallest absolute Gasteiger partial charge is 0.0119 e. The van der Waals surface area contributed by atoms with E-state index in [9.17, 15) is 0 Å². The Morgan fingerprint density at radius 3 is 2.42 bits per heavy atom. The third-order valence-corrected chi connectivity index (χ3v) is 4.64. The molecule has 0 saturated carbocycles. The van der Waals surface area contributed by atoms with Gasteiger partial charge in [-0.3, -0.25) is 0 Å². The average Bonchev–Trinajstić information content (AvgIpc) is 2.44. The summed E-state index contributed by atoms with van der Waals surface area (Å²) in [6.07, 6.45) is 11.2. The molecule has 2 nitrogen and oxygen atoms in total. The Labute approximate surface area is 121 Å². The first-order chi connectivity index (χ1) is 9.31. The molecule has 2 heteroatoms. The van der Waals surface area contributed by atoms with Crippen LogP contribution in [0.5, 0.6) is 0 Å². The van der Waals surface area contributed by atoms with E-state index in [0.29, 0.717) is 0 Å². The number of likely N-dealkylation sites (tertiary alicyclic amines) is 1. The molecule has 1 aliphatic rings. The molecule has 0 aromatic carbocycles. The first-order valence-corrected chi connectivity index (χ1v) is 8.77. The lowest BCUT2D eigenvalue weighted by Crippen LogP contribution is -2.49. The second kappa shape index (κ2) is 10.7. The van der Waals surface area contributed by atoms with Gasteiger partial charge in [-0.25, -0.2) is 0 Å². The van der Waals surface area contributed by atoms with Crippen LogP contribution < -0.4 is 5.32 Å². The normalized spacial score (nSPS) is 24.8. The van der Waals surface area contributed by atoms with Crippen molar-refractivity contribution < 1.29 is 0 Å². The minimum atomic E-state index is 0.774. The van der Waals surface area contributed by atoms with Gasteiger partial charge in [0.1, 0.15) is 0 Å². The van der Waals surface area contributed by atoms with Crippen molar-refractivity contribution in [2.75, 3.05) is 26.2 Å². The Morgan fingerprint density at radius 1 is 1.00 bits per heavy atom. The largest absolute Gasteiger partial charge is 0.314 e. The first-order valence-electron chi connectivity index (χ1n) is 8.77. The SMILES string of the molecule is CCCCCCCCN1CCC(NCC)C(CC)C1. The molecular weight excluding hydrogens is 232 g/mol. The number of rotatable bonds is 10. The Bertz CT molecular complexity index is 205. The molecule has 1 aliphatic heterocycles. The standard InChI is InChI=1S/C17H36N2/c1-4-7-8-9-10-11-13-19-14-12-17(18-6-3)16(5-2)15-19/h16-18H,4-15H2,1-3H3. The molecule has 1 saturated heterocycles. The summed E-state index contributed by atoms with van der Waals surface area (Å²) in [6, 6.07) is 0.774. The maximum Gasteiger partial charge on any atom is 0.0119 e. The van der Waals surface area contributed by atoms with Gasteiger partial charge in [0.05, 0.1) is 0 Å². The molecule has 2 unspecified atom stereocenters. The molecule has 2 atom stereocenters. The van der Waals surface area contributed by atoms with E-state index < -0.39 is 0 Å². The van der Waals surface area contributed by atoms with Gasteiger partial charge in [0.25, 0.3) is 0 Å². The molecule has 114 valence electrons. The number of unbranched alkanes of at least 4 members (excludes halogenated alkanes) is 5. The zero-order valence-corrected chi connectivity index (χ0v) is 13.6. The fourth-order valence-corrected chi connectivity index (χ4v) is 3.37. The lowest BCUT2D eigenvalue weighted by Gasteiger charge is -2.38. The maximum atomic E-state index is 3.67. The van der Waals surface area contributed by atoms with E-state index in [1.165, 1.54) is 71.0 Å². The Balaban J connectivity index is 2.12. The van der Waals surface area contributed by atoms with Crippen molar-refractivity contribution in [3.05, 3.63) is 0 Å². The lowest BCUT2D eigenvalue weighted by molar-refractivity contribution is 0.133. The topological polar surface area (TPSA) is 15.3 Å². The van der Waals surface area contributed by atoms with E-state index in [2.05, 4.69) is 31.0 Å². The van der Waals surface area contributed by atoms with Gasteiger partial charge in [-0.05, 0) is 38.4 Å². The number of nitrogens with one attached hydrogen (secondary N) is 1. The molecule has 19 heavy (non-hydrogen) atoms. The molecule has 0 aromatic heterocycles. The minimum absolute atomic E-state index is 0.774.